The molecule has 0 unspecified atom stereocenters. The van der Waals surface area contributed by atoms with Crippen LogP contribution < -0.4 is 0 Å². The summed E-state index contributed by atoms with van der Waals surface area (Å²) in [5, 5.41) is 0. The molecule has 20 aromatic rings. The lowest BCUT2D eigenvalue weighted by Gasteiger charge is -2.14. The summed E-state index contributed by atoms with van der Waals surface area (Å²) in [5.41, 5.74) is 27.6. The Morgan fingerprint density at radius 1 is 0.125 bits per heavy atom. The molecule has 564 valence electrons. The number of hydrogen-bond acceptors (Lipinski definition) is 14. The molecule has 0 fully saturated rings. The molecule has 10 heterocycles. The summed E-state index contributed by atoms with van der Waals surface area (Å²) in [5.74, 6) is 2.34. The summed E-state index contributed by atoms with van der Waals surface area (Å²) in [4.78, 5) is 70.6. The molecule has 14 nitrogen and oxygen atoms in total. The molecule has 0 aliphatic rings. The quantitative estimate of drug-likeness (QED) is 0.0791. The van der Waals surface area contributed by atoms with Gasteiger partial charge in [0.25, 0.3) is 0 Å². The van der Waals surface area contributed by atoms with E-state index >= 15 is 0 Å². The Bertz CT molecular complexity index is 6720. The van der Waals surface area contributed by atoms with Gasteiger partial charge in [0.15, 0.2) is 23.3 Å². The maximum Gasteiger partial charge on any atom is 0.162 e. The Balaban J connectivity index is 0.000000159. The maximum atomic E-state index is 5.24. The Hall–Kier alpha value is -16.6. The van der Waals surface area contributed by atoms with E-state index in [1.54, 1.807) is 12.4 Å². The lowest BCUT2D eigenvalue weighted by molar-refractivity contribution is 1.16. The monoisotopic (exact) mass is 1540 g/mol. The average molecular weight is 1540 g/mol. The molecule has 14 heteroatoms. The van der Waals surface area contributed by atoms with E-state index < -0.39 is 0 Å². The first-order valence-electron chi connectivity index (χ1n) is 39.4. The molecule has 0 saturated heterocycles. The fraction of sp³-hybridized carbons (Fsp3) is 0. The highest BCUT2D eigenvalue weighted by atomic mass is 14.9. The van der Waals surface area contributed by atoms with Gasteiger partial charge in [-0.1, -0.05) is 303 Å². The van der Waals surface area contributed by atoms with Gasteiger partial charge in [0, 0.05) is 91.5 Å². The normalized spacial score (nSPS) is 11.0. The molecule has 10 aromatic carbocycles. The zero-order valence-corrected chi connectivity index (χ0v) is 64.7. The molecule has 10 aromatic heterocycles. The lowest BCUT2D eigenvalue weighted by Crippen LogP contribution is -2.00. The van der Waals surface area contributed by atoms with E-state index in [9.17, 15) is 0 Å². The van der Waals surface area contributed by atoms with Crippen LogP contribution in [0.4, 0.5) is 0 Å². The standard InChI is InChI=1S/2C53H35N7/c1-6-17-36(18-7-1)42-31-49(44-29-28-41(35-55-44)52-57-45(37-19-8-2-9-20-37)33-46(58-52)38-21-10-3-11-22-38)56-50(32-42)51-43(27-16-30-54-51)53-59-47(39-23-12-4-13-24-39)34-48(60-53)40-25-14-5-15-26-40;1-6-16-36(17-7-1)43-31-50(44-27-26-42(35-55-44)53-59-47(39-22-12-4-13-23-39)34-48(60-53)40-24-14-5-15-25-40)56-51(32-43)49-30-41(28-29-54-49)52-57-45(37-18-8-2-9-19-37)33-46(58-52)38-20-10-3-11-21-38/h2*1-35H. The van der Waals surface area contributed by atoms with Crippen LogP contribution in [-0.4, -0.2) is 69.8 Å². The molecule has 0 N–H and O–H groups in total. The van der Waals surface area contributed by atoms with E-state index in [-0.39, 0.29) is 0 Å². The van der Waals surface area contributed by atoms with Gasteiger partial charge in [0.2, 0.25) is 0 Å². The van der Waals surface area contributed by atoms with Crippen molar-refractivity contribution in [2.45, 2.75) is 0 Å². The molecule has 0 amide bonds. The molecular weight excluding hydrogens is 1470 g/mol. The molecule has 20 rings (SSSR count). The van der Waals surface area contributed by atoms with Gasteiger partial charge in [-0.25, -0.2) is 49.8 Å². The number of hydrogen-bond donors (Lipinski definition) is 0. The van der Waals surface area contributed by atoms with Crippen LogP contribution >= 0.6 is 0 Å². The van der Waals surface area contributed by atoms with Crippen LogP contribution in [0.5, 0.6) is 0 Å². The lowest BCUT2D eigenvalue weighted by atomic mass is 10.0. The topological polar surface area (TPSA) is 180 Å². The summed E-state index contributed by atoms with van der Waals surface area (Å²) in [7, 11) is 0. The Morgan fingerprint density at radius 2 is 0.392 bits per heavy atom. The van der Waals surface area contributed by atoms with Crippen LogP contribution in [0.15, 0.2) is 425 Å². The van der Waals surface area contributed by atoms with Crippen molar-refractivity contribution in [1.82, 2.24) is 69.8 Å². The molecule has 0 atom stereocenters. The SMILES string of the molecule is c1ccc(-c2cc(-c3ccc(-c4nc(-c5ccccc5)cc(-c5ccccc5)n4)cn3)nc(-c3cc(-c4nc(-c5ccccc5)cc(-c5ccccc5)n4)ccn3)c2)cc1.c1ccc(-c2cc(-c3ccc(-c4nc(-c5ccccc5)cc(-c5ccccc5)n4)cn3)nc(-c3ncccc3-c3nc(-c4ccccc4)cc(-c4ccccc4)n3)c2)cc1. The third-order valence-corrected chi connectivity index (χ3v) is 20.5. The minimum atomic E-state index is 0.557. The van der Waals surface area contributed by atoms with Gasteiger partial charge < -0.3 is 0 Å². The molecule has 0 saturated carbocycles. The van der Waals surface area contributed by atoms with Crippen LogP contribution in [0.25, 0.3) is 203 Å². The first-order chi connectivity index (χ1) is 59.4. The smallest absolute Gasteiger partial charge is 0.162 e. The first kappa shape index (κ1) is 73.6. The van der Waals surface area contributed by atoms with Crippen molar-refractivity contribution in [1.29, 1.82) is 0 Å². The third-order valence-electron chi connectivity index (χ3n) is 20.5. The number of pyridine rings is 6. The first-order valence-corrected chi connectivity index (χ1v) is 39.4. The number of nitrogens with zero attached hydrogens (tertiary/aromatic N) is 14. The van der Waals surface area contributed by atoms with Gasteiger partial charge in [-0.15, -0.1) is 0 Å². The highest BCUT2D eigenvalue weighted by molar-refractivity contribution is 5.85. The summed E-state index contributed by atoms with van der Waals surface area (Å²) in [6, 6.07) is 134. The van der Waals surface area contributed by atoms with Crippen molar-refractivity contribution in [3.8, 4) is 203 Å². The summed E-state index contributed by atoms with van der Waals surface area (Å²) in [6.07, 6.45) is 7.23. The second kappa shape index (κ2) is 34.2. The molecule has 120 heavy (non-hydrogen) atoms. The van der Waals surface area contributed by atoms with Gasteiger partial charge in [0.1, 0.15) is 0 Å². The second-order valence-corrected chi connectivity index (χ2v) is 28.5. The Labute approximate surface area is 694 Å². The van der Waals surface area contributed by atoms with Gasteiger partial charge >= 0.3 is 0 Å². The molecule has 0 spiro atoms. The second-order valence-electron chi connectivity index (χ2n) is 28.5. The van der Waals surface area contributed by atoms with E-state index in [1.807, 2.05) is 267 Å². The van der Waals surface area contributed by atoms with Gasteiger partial charge in [0.05, 0.1) is 91.1 Å². The van der Waals surface area contributed by atoms with E-state index in [4.69, 9.17) is 69.8 Å². The highest BCUT2D eigenvalue weighted by Gasteiger charge is 2.22. The van der Waals surface area contributed by atoms with Crippen molar-refractivity contribution in [2.24, 2.45) is 0 Å². The van der Waals surface area contributed by atoms with Crippen LogP contribution in [0, 0.1) is 0 Å². The van der Waals surface area contributed by atoms with E-state index in [0.717, 1.165) is 135 Å². The van der Waals surface area contributed by atoms with Crippen LogP contribution in [0.3, 0.4) is 0 Å². The maximum absolute atomic E-state index is 5.24. The predicted molar refractivity (Wildman–Crippen MR) is 480 cm³/mol. The van der Waals surface area contributed by atoms with Crippen molar-refractivity contribution in [3.05, 3.63) is 425 Å². The summed E-state index contributed by atoms with van der Waals surface area (Å²) >= 11 is 0. The van der Waals surface area contributed by atoms with Crippen molar-refractivity contribution in [3.63, 3.8) is 0 Å². The van der Waals surface area contributed by atoms with E-state index in [0.29, 0.717) is 68.8 Å². The average Bonchev–Trinajstić information content (AvgIpc) is 0.775. The third kappa shape index (κ3) is 16.6. The highest BCUT2D eigenvalue weighted by Crippen LogP contribution is 2.39. The van der Waals surface area contributed by atoms with Crippen LogP contribution in [0.2, 0.25) is 0 Å². The van der Waals surface area contributed by atoms with Gasteiger partial charge in [-0.2, -0.15) is 0 Å². The zero-order chi connectivity index (χ0) is 80.2. The van der Waals surface area contributed by atoms with Crippen molar-refractivity contribution < 1.29 is 0 Å². The molecule has 0 bridgehead atoms. The van der Waals surface area contributed by atoms with Crippen molar-refractivity contribution in [2.75, 3.05) is 0 Å². The van der Waals surface area contributed by atoms with E-state index in [1.165, 1.54) is 0 Å². The largest absolute Gasteiger partial charge is 0.255 e. The Kier molecular flexibility index (Phi) is 21.0. The fourth-order valence-electron chi connectivity index (χ4n) is 14.4. The van der Waals surface area contributed by atoms with Crippen LogP contribution in [-0.2, 0) is 0 Å². The van der Waals surface area contributed by atoms with Crippen molar-refractivity contribution >= 4 is 0 Å². The van der Waals surface area contributed by atoms with Gasteiger partial charge in [-0.3, -0.25) is 19.9 Å². The fourth-order valence-corrected chi connectivity index (χ4v) is 14.4. The predicted octanol–water partition coefficient (Wildman–Crippen LogP) is 24.9. The molecule has 0 aliphatic heterocycles. The van der Waals surface area contributed by atoms with E-state index in [2.05, 4.69) is 146 Å². The zero-order valence-electron chi connectivity index (χ0n) is 64.7. The Morgan fingerprint density at radius 3 is 0.700 bits per heavy atom. The number of aromatic nitrogens is 14. The molecule has 0 radical (unpaired) electrons. The molecular formula is C106H70N14. The minimum Gasteiger partial charge on any atom is -0.255 e. The van der Waals surface area contributed by atoms with Crippen LogP contribution in [0.1, 0.15) is 0 Å². The minimum absolute atomic E-state index is 0.557. The summed E-state index contributed by atoms with van der Waals surface area (Å²) in [6.45, 7) is 0. The molecule has 0 aliphatic carbocycles. The number of rotatable bonds is 18. The van der Waals surface area contributed by atoms with Gasteiger partial charge in [-0.05, 0) is 119 Å². The number of benzene rings is 10. The summed E-state index contributed by atoms with van der Waals surface area (Å²) < 4.78 is 0.